The van der Waals surface area contributed by atoms with Crippen LogP contribution in [0.15, 0.2) is 24.3 Å². The molecule has 1 aliphatic rings. The van der Waals surface area contributed by atoms with E-state index in [-0.39, 0.29) is 17.9 Å². The Labute approximate surface area is 172 Å². The number of carbonyl (C=O) groups is 2. The number of pyridine rings is 1. The Morgan fingerprint density at radius 3 is 2.72 bits per heavy atom. The van der Waals surface area contributed by atoms with Gasteiger partial charge in [0.05, 0.1) is 17.7 Å². The molecule has 1 amide bonds. The Kier molecular flexibility index (Phi) is 6.52. The Morgan fingerprint density at radius 2 is 2.00 bits per heavy atom. The van der Waals surface area contributed by atoms with Gasteiger partial charge in [-0.15, -0.1) is 0 Å². The summed E-state index contributed by atoms with van der Waals surface area (Å²) < 4.78 is 10.3. The highest BCUT2D eigenvalue weighted by molar-refractivity contribution is 6.05. The number of esters is 1. The van der Waals surface area contributed by atoms with Crippen molar-refractivity contribution in [3.05, 3.63) is 41.1 Å². The fourth-order valence-corrected chi connectivity index (χ4v) is 3.91. The molecule has 0 fully saturated rings. The summed E-state index contributed by atoms with van der Waals surface area (Å²) in [5, 5.41) is 3.45. The quantitative estimate of drug-likeness (QED) is 0.597. The molecule has 1 aliphatic carbocycles. The smallest absolute Gasteiger partial charge is 0.339 e. The molecule has 29 heavy (non-hydrogen) atoms. The number of aryl methyl sites for hydroxylation is 1. The second kappa shape index (κ2) is 8.91. The number of hydrogen-bond acceptors (Lipinski definition) is 5. The molecule has 1 aromatic carbocycles. The summed E-state index contributed by atoms with van der Waals surface area (Å²) in [6.45, 7) is 7.19. The van der Waals surface area contributed by atoms with Gasteiger partial charge in [0.1, 0.15) is 0 Å². The largest absolute Gasteiger partial charge is 0.452 e. The molecule has 0 aliphatic heterocycles. The predicted molar refractivity (Wildman–Crippen MR) is 112 cm³/mol. The number of ether oxygens (including phenoxy) is 2. The van der Waals surface area contributed by atoms with Crippen LogP contribution in [0.25, 0.3) is 10.9 Å². The van der Waals surface area contributed by atoms with E-state index in [1.165, 1.54) is 0 Å². The average Bonchev–Trinajstić information content (AvgIpc) is 2.69. The van der Waals surface area contributed by atoms with Gasteiger partial charge in [0.2, 0.25) is 0 Å². The number of methoxy groups -OCH3 is 1. The molecule has 3 rings (SSSR count). The summed E-state index contributed by atoms with van der Waals surface area (Å²) in [4.78, 5) is 29.8. The number of carbonyl (C=O) groups excluding carboxylic acids is 2. The van der Waals surface area contributed by atoms with Crippen LogP contribution in [0.5, 0.6) is 0 Å². The molecule has 0 spiro atoms. The molecular weight excluding hydrogens is 368 g/mol. The van der Waals surface area contributed by atoms with E-state index >= 15 is 0 Å². The lowest BCUT2D eigenvalue weighted by atomic mass is 9.70. The number of aromatic nitrogens is 1. The zero-order valence-electron chi connectivity index (χ0n) is 17.7. The van der Waals surface area contributed by atoms with Crippen molar-refractivity contribution in [2.45, 2.75) is 40.0 Å². The van der Waals surface area contributed by atoms with Crippen LogP contribution in [-0.4, -0.2) is 43.7 Å². The minimum absolute atomic E-state index is 0.145. The van der Waals surface area contributed by atoms with Crippen molar-refractivity contribution in [2.75, 3.05) is 26.9 Å². The van der Waals surface area contributed by atoms with Gasteiger partial charge in [-0.3, -0.25) is 9.78 Å². The first-order valence-electron chi connectivity index (χ1n) is 10.1. The molecule has 1 unspecified atom stereocenters. The predicted octanol–water partition coefficient (Wildman–Crippen LogP) is 3.31. The van der Waals surface area contributed by atoms with Crippen LogP contribution in [0.4, 0.5) is 0 Å². The van der Waals surface area contributed by atoms with Gasteiger partial charge in [0, 0.05) is 24.7 Å². The zero-order chi connectivity index (χ0) is 21.0. The maximum atomic E-state index is 13.1. The lowest BCUT2D eigenvalue weighted by Crippen LogP contribution is -2.32. The standard InChI is InChI=1S/C23H30N2O4/c1-23(2,3)15-9-10-19-17(13-15)21(16-7-5-6-8-18(16)25-19)22(27)29-14-20(26)24-11-12-28-4/h5-8,15H,9-14H2,1-4H3,(H,24,26). The number of benzene rings is 1. The second-order valence-corrected chi connectivity index (χ2v) is 8.65. The number of amides is 1. The summed E-state index contributed by atoms with van der Waals surface area (Å²) in [5.74, 6) is -0.339. The molecule has 6 nitrogen and oxygen atoms in total. The fourth-order valence-electron chi connectivity index (χ4n) is 3.91. The van der Waals surface area contributed by atoms with Crippen molar-refractivity contribution in [3.63, 3.8) is 0 Å². The first-order valence-corrected chi connectivity index (χ1v) is 10.1. The summed E-state index contributed by atoms with van der Waals surface area (Å²) in [6.07, 6.45) is 2.69. The van der Waals surface area contributed by atoms with Gasteiger partial charge in [-0.25, -0.2) is 4.79 Å². The number of rotatable bonds is 6. The van der Waals surface area contributed by atoms with Crippen LogP contribution < -0.4 is 5.32 Å². The molecule has 1 aromatic heterocycles. The molecule has 1 atom stereocenters. The van der Waals surface area contributed by atoms with E-state index in [2.05, 4.69) is 26.1 Å². The Bertz CT molecular complexity index is 902. The maximum absolute atomic E-state index is 13.1. The van der Waals surface area contributed by atoms with E-state index in [0.29, 0.717) is 24.6 Å². The molecule has 0 radical (unpaired) electrons. The van der Waals surface area contributed by atoms with Crippen molar-refractivity contribution in [2.24, 2.45) is 11.3 Å². The average molecular weight is 399 g/mol. The van der Waals surface area contributed by atoms with Crippen molar-refractivity contribution in [1.82, 2.24) is 10.3 Å². The number of hydrogen-bond donors (Lipinski definition) is 1. The molecule has 156 valence electrons. The van der Waals surface area contributed by atoms with E-state index in [1.54, 1.807) is 7.11 Å². The molecule has 0 saturated carbocycles. The SMILES string of the molecule is COCCNC(=O)COC(=O)c1c2c(nc3ccccc13)CCC(C(C)(C)C)C2. The minimum atomic E-state index is -0.462. The lowest BCUT2D eigenvalue weighted by Gasteiger charge is -2.35. The van der Waals surface area contributed by atoms with Crippen molar-refractivity contribution in [3.8, 4) is 0 Å². The van der Waals surface area contributed by atoms with Crippen LogP contribution in [-0.2, 0) is 27.1 Å². The third kappa shape index (κ3) is 4.93. The molecule has 0 bridgehead atoms. The van der Waals surface area contributed by atoms with Gasteiger partial charge < -0.3 is 14.8 Å². The molecule has 2 aromatic rings. The summed E-state index contributed by atoms with van der Waals surface area (Å²) in [7, 11) is 1.56. The highest BCUT2D eigenvalue weighted by atomic mass is 16.5. The van der Waals surface area contributed by atoms with Gasteiger partial charge in [-0.1, -0.05) is 39.0 Å². The van der Waals surface area contributed by atoms with Crippen LogP contribution in [0, 0.1) is 11.3 Å². The summed E-state index contributed by atoms with van der Waals surface area (Å²) in [6, 6.07) is 7.63. The van der Waals surface area contributed by atoms with Crippen LogP contribution in [0.2, 0.25) is 0 Å². The third-order valence-electron chi connectivity index (χ3n) is 5.65. The Morgan fingerprint density at radius 1 is 1.24 bits per heavy atom. The van der Waals surface area contributed by atoms with Crippen LogP contribution >= 0.6 is 0 Å². The first kappa shape index (κ1) is 21.2. The van der Waals surface area contributed by atoms with Gasteiger partial charge in [-0.05, 0) is 42.2 Å². The van der Waals surface area contributed by atoms with Gasteiger partial charge in [-0.2, -0.15) is 0 Å². The number of fused-ring (bicyclic) bond motifs is 2. The third-order valence-corrected chi connectivity index (χ3v) is 5.65. The topological polar surface area (TPSA) is 77.5 Å². The van der Waals surface area contributed by atoms with Crippen molar-refractivity contribution >= 4 is 22.8 Å². The van der Waals surface area contributed by atoms with Gasteiger partial charge >= 0.3 is 5.97 Å². The number of nitrogens with one attached hydrogen (secondary N) is 1. The summed E-state index contributed by atoms with van der Waals surface area (Å²) >= 11 is 0. The zero-order valence-corrected chi connectivity index (χ0v) is 17.7. The highest BCUT2D eigenvalue weighted by Gasteiger charge is 2.33. The van der Waals surface area contributed by atoms with E-state index in [1.807, 2.05) is 24.3 Å². The van der Waals surface area contributed by atoms with E-state index in [9.17, 15) is 9.59 Å². The lowest BCUT2D eigenvalue weighted by molar-refractivity contribution is -0.124. The molecule has 6 heteroatoms. The van der Waals surface area contributed by atoms with Gasteiger partial charge in [0.15, 0.2) is 6.61 Å². The maximum Gasteiger partial charge on any atom is 0.339 e. The van der Waals surface area contributed by atoms with Crippen LogP contribution in [0.3, 0.4) is 0 Å². The number of nitrogens with zero attached hydrogens (tertiary/aromatic N) is 1. The Hall–Kier alpha value is -2.47. The molecular formula is C23H30N2O4. The molecule has 1 heterocycles. The van der Waals surface area contributed by atoms with Crippen LogP contribution in [0.1, 0.15) is 48.8 Å². The normalized spacial score (nSPS) is 16.3. The van der Waals surface area contributed by atoms with Crippen molar-refractivity contribution < 1.29 is 19.1 Å². The van der Waals surface area contributed by atoms with E-state index in [0.717, 1.165) is 41.4 Å². The van der Waals surface area contributed by atoms with Gasteiger partial charge in [0.25, 0.3) is 5.91 Å². The molecule has 1 N–H and O–H groups in total. The van der Waals surface area contributed by atoms with Crippen molar-refractivity contribution in [1.29, 1.82) is 0 Å². The first-order chi connectivity index (χ1) is 13.8. The Balaban J connectivity index is 1.89. The molecule has 0 saturated heterocycles. The second-order valence-electron chi connectivity index (χ2n) is 8.65. The highest BCUT2D eigenvalue weighted by Crippen LogP contribution is 2.39. The monoisotopic (exact) mass is 398 g/mol. The van der Waals surface area contributed by atoms with E-state index < -0.39 is 5.97 Å². The van der Waals surface area contributed by atoms with E-state index in [4.69, 9.17) is 14.5 Å². The fraction of sp³-hybridized carbons (Fsp3) is 0.522. The summed E-state index contributed by atoms with van der Waals surface area (Å²) in [5.41, 5.74) is 3.44. The number of para-hydroxylation sites is 1. The minimum Gasteiger partial charge on any atom is -0.452 e.